The SMILES string of the molecule is COc1ccc(CN[C@@H](C)c2ccc(C)cc2)cc1Br. The van der Waals surface area contributed by atoms with Gasteiger partial charge in [0.1, 0.15) is 5.75 Å². The van der Waals surface area contributed by atoms with E-state index in [0.29, 0.717) is 6.04 Å². The largest absolute Gasteiger partial charge is 0.496 e. The van der Waals surface area contributed by atoms with Crippen LogP contribution in [0.3, 0.4) is 0 Å². The van der Waals surface area contributed by atoms with E-state index < -0.39 is 0 Å². The lowest BCUT2D eigenvalue weighted by Crippen LogP contribution is -2.18. The molecule has 2 aromatic carbocycles. The van der Waals surface area contributed by atoms with Crippen molar-refractivity contribution in [2.75, 3.05) is 7.11 Å². The van der Waals surface area contributed by atoms with Gasteiger partial charge in [0.2, 0.25) is 0 Å². The molecule has 2 rings (SSSR count). The van der Waals surface area contributed by atoms with E-state index >= 15 is 0 Å². The van der Waals surface area contributed by atoms with Gasteiger partial charge in [0, 0.05) is 12.6 Å². The summed E-state index contributed by atoms with van der Waals surface area (Å²) in [5.41, 5.74) is 3.83. The molecule has 0 aromatic heterocycles. The van der Waals surface area contributed by atoms with Crippen LogP contribution in [0.5, 0.6) is 5.75 Å². The van der Waals surface area contributed by atoms with Crippen LogP contribution in [0.15, 0.2) is 46.9 Å². The molecule has 0 radical (unpaired) electrons. The van der Waals surface area contributed by atoms with E-state index in [4.69, 9.17) is 4.74 Å². The van der Waals surface area contributed by atoms with Crippen molar-refractivity contribution in [2.45, 2.75) is 26.4 Å². The van der Waals surface area contributed by atoms with E-state index in [1.807, 2.05) is 6.07 Å². The van der Waals surface area contributed by atoms with Gasteiger partial charge in [0.05, 0.1) is 11.6 Å². The molecule has 3 heteroatoms. The Bertz CT molecular complexity index is 566. The van der Waals surface area contributed by atoms with Gasteiger partial charge in [-0.3, -0.25) is 0 Å². The standard InChI is InChI=1S/C17H20BrNO/c1-12-4-7-15(8-5-12)13(2)19-11-14-6-9-17(20-3)16(18)10-14/h4-10,13,19H,11H2,1-3H3/t13-/m0/s1. The summed E-state index contributed by atoms with van der Waals surface area (Å²) in [5, 5.41) is 3.54. The van der Waals surface area contributed by atoms with Gasteiger partial charge >= 0.3 is 0 Å². The molecule has 0 saturated carbocycles. The average molecular weight is 334 g/mol. The van der Waals surface area contributed by atoms with E-state index in [1.165, 1.54) is 16.7 Å². The van der Waals surface area contributed by atoms with Crippen LogP contribution >= 0.6 is 15.9 Å². The van der Waals surface area contributed by atoms with Crippen LogP contribution in [0.1, 0.15) is 29.7 Å². The lowest BCUT2D eigenvalue weighted by molar-refractivity contribution is 0.412. The Hall–Kier alpha value is -1.32. The summed E-state index contributed by atoms with van der Waals surface area (Å²) in [6, 6.07) is 15.1. The number of ether oxygens (including phenoxy) is 1. The number of nitrogens with one attached hydrogen (secondary N) is 1. The summed E-state index contributed by atoms with van der Waals surface area (Å²) < 4.78 is 6.23. The molecule has 2 nitrogen and oxygen atoms in total. The van der Waals surface area contributed by atoms with Crippen LogP contribution in [0.25, 0.3) is 0 Å². The first-order valence-corrected chi connectivity index (χ1v) is 7.52. The van der Waals surface area contributed by atoms with Gasteiger partial charge < -0.3 is 10.1 Å². The highest BCUT2D eigenvalue weighted by molar-refractivity contribution is 9.10. The van der Waals surface area contributed by atoms with Crippen LogP contribution in [-0.2, 0) is 6.54 Å². The van der Waals surface area contributed by atoms with Gasteiger partial charge in [0.15, 0.2) is 0 Å². The molecule has 106 valence electrons. The second-order valence-electron chi connectivity index (χ2n) is 4.98. The highest BCUT2D eigenvalue weighted by Gasteiger charge is 2.06. The normalized spacial score (nSPS) is 12.2. The van der Waals surface area contributed by atoms with Gasteiger partial charge in [-0.2, -0.15) is 0 Å². The Kier molecular flexibility index (Phi) is 5.21. The van der Waals surface area contributed by atoms with E-state index in [9.17, 15) is 0 Å². The summed E-state index contributed by atoms with van der Waals surface area (Å²) >= 11 is 3.51. The minimum atomic E-state index is 0.330. The second-order valence-corrected chi connectivity index (χ2v) is 5.84. The van der Waals surface area contributed by atoms with Gasteiger partial charge in [-0.05, 0) is 53.0 Å². The fraction of sp³-hybridized carbons (Fsp3) is 0.294. The van der Waals surface area contributed by atoms with Gasteiger partial charge in [-0.25, -0.2) is 0 Å². The summed E-state index contributed by atoms with van der Waals surface area (Å²) in [6.45, 7) is 5.12. The van der Waals surface area contributed by atoms with Crippen molar-refractivity contribution >= 4 is 15.9 Å². The Morgan fingerprint density at radius 2 is 1.85 bits per heavy atom. The maximum absolute atomic E-state index is 5.24. The van der Waals surface area contributed by atoms with E-state index in [0.717, 1.165) is 16.8 Å². The maximum Gasteiger partial charge on any atom is 0.133 e. The third-order valence-electron chi connectivity index (χ3n) is 3.41. The summed E-state index contributed by atoms with van der Waals surface area (Å²) in [6.07, 6.45) is 0. The van der Waals surface area contributed by atoms with Crippen molar-refractivity contribution in [3.05, 3.63) is 63.6 Å². The zero-order valence-corrected chi connectivity index (χ0v) is 13.7. The minimum absolute atomic E-state index is 0.330. The lowest BCUT2D eigenvalue weighted by atomic mass is 10.1. The Morgan fingerprint density at radius 3 is 2.45 bits per heavy atom. The summed E-state index contributed by atoms with van der Waals surface area (Å²) in [4.78, 5) is 0. The van der Waals surface area contributed by atoms with E-state index in [1.54, 1.807) is 7.11 Å². The topological polar surface area (TPSA) is 21.3 Å². The number of rotatable bonds is 5. The van der Waals surface area contributed by atoms with Crippen molar-refractivity contribution in [3.63, 3.8) is 0 Å². The van der Waals surface area contributed by atoms with Crippen molar-refractivity contribution in [2.24, 2.45) is 0 Å². The molecule has 0 heterocycles. The smallest absolute Gasteiger partial charge is 0.133 e. The number of hydrogen-bond donors (Lipinski definition) is 1. The lowest BCUT2D eigenvalue weighted by Gasteiger charge is -2.15. The third kappa shape index (κ3) is 3.84. The summed E-state index contributed by atoms with van der Waals surface area (Å²) in [5.74, 6) is 0.861. The first kappa shape index (κ1) is 15.1. The minimum Gasteiger partial charge on any atom is -0.496 e. The predicted octanol–water partition coefficient (Wildman–Crippen LogP) is 4.62. The molecule has 2 aromatic rings. The Morgan fingerprint density at radius 1 is 1.15 bits per heavy atom. The molecule has 0 aliphatic rings. The Labute approximate surface area is 129 Å². The summed E-state index contributed by atoms with van der Waals surface area (Å²) in [7, 11) is 1.68. The molecule has 20 heavy (non-hydrogen) atoms. The zero-order valence-electron chi connectivity index (χ0n) is 12.1. The molecule has 0 aliphatic carbocycles. The maximum atomic E-state index is 5.24. The number of hydrogen-bond acceptors (Lipinski definition) is 2. The first-order valence-electron chi connectivity index (χ1n) is 6.72. The van der Waals surface area contributed by atoms with Crippen molar-refractivity contribution in [1.82, 2.24) is 5.32 Å². The highest BCUT2D eigenvalue weighted by Crippen LogP contribution is 2.25. The molecule has 0 amide bonds. The van der Waals surface area contributed by atoms with Crippen molar-refractivity contribution in [1.29, 1.82) is 0 Å². The second kappa shape index (κ2) is 6.91. The molecule has 0 bridgehead atoms. The van der Waals surface area contributed by atoms with Gasteiger partial charge in [-0.15, -0.1) is 0 Å². The third-order valence-corrected chi connectivity index (χ3v) is 4.03. The van der Waals surface area contributed by atoms with Crippen LogP contribution in [0, 0.1) is 6.92 Å². The van der Waals surface area contributed by atoms with E-state index in [-0.39, 0.29) is 0 Å². The van der Waals surface area contributed by atoms with Crippen molar-refractivity contribution in [3.8, 4) is 5.75 Å². The van der Waals surface area contributed by atoms with Crippen LogP contribution in [-0.4, -0.2) is 7.11 Å². The molecular formula is C17H20BrNO. The van der Waals surface area contributed by atoms with Crippen molar-refractivity contribution < 1.29 is 4.74 Å². The average Bonchev–Trinajstić information content (AvgIpc) is 2.45. The number of aryl methyl sites for hydroxylation is 1. The number of methoxy groups -OCH3 is 1. The predicted molar refractivity (Wildman–Crippen MR) is 87.1 cm³/mol. The highest BCUT2D eigenvalue weighted by atomic mass is 79.9. The number of halogens is 1. The monoisotopic (exact) mass is 333 g/mol. The molecule has 1 atom stereocenters. The van der Waals surface area contributed by atoms with Gasteiger partial charge in [-0.1, -0.05) is 35.9 Å². The van der Waals surface area contributed by atoms with Crippen LogP contribution in [0.2, 0.25) is 0 Å². The quantitative estimate of drug-likeness (QED) is 0.862. The first-order chi connectivity index (χ1) is 9.60. The molecule has 0 spiro atoms. The fourth-order valence-electron chi connectivity index (χ4n) is 2.06. The molecule has 0 saturated heterocycles. The molecule has 1 N–H and O–H groups in total. The molecule has 0 aliphatic heterocycles. The number of benzene rings is 2. The fourth-order valence-corrected chi connectivity index (χ4v) is 2.65. The van der Waals surface area contributed by atoms with Gasteiger partial charge in [0.25, 0.3) is 0 Å². The zero-order chi connectivity index (χ0) is 14.5. The van der Waals surface area contributed by atoms with Crippen LogP contribution in [0.4, 0.5) is 0 Å². The van der Waals surface area contributed by atoms with Crippen LogP contribution < -0.4 is 10.1 Å². The molecule has 0 fully saturated rings. The Balaban J connectivity index is 1.97. The molecule has 0 unspecified atom stereocenters. The van der Waals surface area contributed by atoms with E-state index in [2.05, 4.69) is 71.5 Å². The molecular weight excluding hydrogens is 314 g/mol.